The zero-order valence-electron chi connectivity index (χ0n) is 12.0. The highest BCUT2D eigenvalue weighted by molar-refractivity contribution is 5.84. The van der Waals surface area contributed by atoms with E-state index in [9.17, 15) is 14.7 Å². The van der Waals surface area contributed by atoms with Crippen molar-refractivity contribution in [2.45, 2.75) is 52.6 Å². The highest BCUT2D eigenvalue weighted by Crippen LogP contribution is 2.30. The molecule has 106 valence electrons. The summed E-state index contributed by atoms with van der Waals surface area (Å²) in [5.41, 5.74) is -1.40. The molecule has 0 aromatic rings. The highest BCUT2D eigenvalue weighted by Gasteiger charge is 2.37. The topological polar surface area (TPSA) is 75.6 Å². The summed E-state index contributed by atoms with van der Waals surface area (Å²) in [5, 5.41) is 12.0. The predicted molar refractivity (Wildman–Crippen MR) is 69.4 cm³/mol. The Labute approximate surface area is 109 Å². The van der Waals surface area contributed by atoms with E-state index in [2.05, 4.69) is 5.32 Å². The summed E-state index contributed by atoms with van der Waals surface area (Å²) >= 11 is 0. The van der Waals surface area contributed by atoms with Gasteiger partial charge in [-0.2, -0.15) is 0 Å². The average Bonchev–Trinajstić information content (AvgIpc) is 2.33. The van der Waals surface area contributed by atoms with Crippen molar-refractivity contribution >= 4 is 11.9 Å². The van der Waals surface area contributed by atoms with Crippen molar-refractivity contribution in [3.05, 3.63) is 0 Å². The fourth-order valence-corrected chi connectivity index (χ4v) is 1.63. The quantitative estimate of drug-likeness (QED) is 0.697. The van der Waals surface area contributed by atoms with Gasteiger partial charge in [0.2, 0.25) is 5.91 Å². The van der Waals surface area contributed by atoms with Gasteiger partial charge in [0.05, 0.1) is 11.0 Å². The lowest BCUT2D eigenvalue weighted by Crippen LogP contribution is -2.43. The van der Waals surface area contributed by atoms with Crippen molar-refractivity contribution in [3.8, 4) is 0 Å². The van der Waals surface area contributed by atoms with Gasteiger partial charge in [-0.25, -0.2) is 0 Å². The fourth-order valence-electron chi connectivity index (χ4n) is 1.63. The van der Waals surface area contributed by atoms with Crippen LogP contribution in [-0.4, -0.2) is 36.2 Å². The Kier molecular flexibility index (Phi) is 6.32. The van der Waals surface area contributed by atoms with Crippen molar-refractivity contribution in [1.29, 1.82) is 0 Å². The van der Waals surface area contributed by atoms with Crippen LogP contribution >= 0.6 is 0 Å². The third-order valence-electron chi connectivity index (χ3n) is 3.57. The van der Waals surface area contributed by atoms with Crippen molar-refractivity contribution < 1.29 is 19.4 Å². The molecule has 0 aromatic carbocycles. The van der Waals surface area contributed by atoms with E-state index in [4.69, 9.17) is 4.74 Å². The zero-order valence-corrected chi connectivity index (χ0v) is 12.0. The molecule has 0 saturated carbocycles. The van der Waals surface area contributed by atoms with Crippen LogP contribution in [-0.2, 0) is 14.3 Å². The van der Waals surface area contributed by atoms with E-state index in [1.54, 1.807) is 21.0 Å². The van der Waals surface area contributed by atoms with Crippen LogP contribution in [0.3, 0.4) is 0 Å². The predicted octanol–water partition coefficient (Wildman–Crippen LogP) is 1.81. The molecule has 0 aliphatic carbocycles. The van der Waals surface area contributed by atoms with Crippen LogP contribution in [0.5, 0.6) is 0 Å². The van der Waals surface area contributed by atoms with Crippen LogP contribution in [0.25, 0.3) is 0 Å². The molecule has 0 aliphatic rings. The summed E-state index contributed by atoms with van der Waals surface area (Å²) in [5.74, 6) is -1.15. The van der Waals surface area contributed by atoms with Gasteiger partial charge in [0.1, 0.15) is 0 Å². The second kappa shape index (κ2) is 6.73. The number of amides is 1. The molecular weight excluding hydrogens is 234 g/mol. The van der Waals surface area contributed by atoms with Crippen LogP contribution in [0.1, 0.15) is 47.0 Å². The number of carboxylic acids is 1. The number of nitrogens with one attached hydrogen (secondary N) is 1. The molecule has 5 heteroatoms. The Morgan fingerprint density at radius 1 is 1.22 bits per heavy atom. The molecule has 0 atom stereocenters. The number of carbonyl (C=O) groups is 2. The van der Waals surface area contributed by atoms with Crippen LogP contribution < -0.4 is 5.32 Å². The van der Waals surface area contributed by atoms with Gasteiger partial charge in [0.25, 0.3) is 0 Å². The van der Waals surface area contributed by atoms with Gasteiger partial charge in [0.15, 0.2) is 0 Å². The first-order valence-electron chi connectivity index (χ1n) is 6.28. The SMILES string of the molecule is CCC(CC)(CC(=O)NCC(C)(C)OC)C(=O)O. The summed E-state index contributed by atoms with van der Waals surface area (Å²) in [6, 6.07) is 0. The molecule has 0 heterocycles. The number of carbonyl (C=O) groups excluding carboxylic acids is 1. The molecule has 18 heavy (non-hydrogen) atoms. The standard InChI is InChI=1S/C13H25NO4/c1-6-13(7-2,11(16)17)8-10(15)14-9-12(3,4)18-5/h6-9H2,1-5H3,(H,14,15)(H,16,17). The minimum Gasteiger partial charge on any atom is -0.481 e. The molecule has 1 amide bonds. The lowest BCUT2D eigenvalue weighted by molar-refractivity contribution is -0.152. The molecule has 5 nitrogen and oxygen atoms in total. The van der Waals surface area contributed by atoms with E-state index >= 15 is 0 Å². The Morgan fingerprint density at radius 3 is 2.06 bits per heavy atom. The van der Waals surface area contributed by atoms with Gasteiger partial charge in [-0.05, 0) is 26.7 Å². The van der Waals surface area contributed by atoms with Gasteiger partial charge >= 0.3 is 5.97 Å². The van der Waals surface area contributed by atoms with E-state index in [-0.39, 0.29) is 12.3 Å². The number of methoxy groups -OCH3 is 1. The van der Waals surface area contributed by atoms with Crippen molar-refractivity contribution in [1.82, 2.24) is 5.32 Å². The van der Waals surface area contributed by atoms with E-state index in [0.717, 1.165) is 0 Å². The van der Waals surface area contributed by atoms with Crippen LogP contribution in [0, 0.1) is 5.41 Å². The van der Waals surface area contributed by atoms with Crippen LogP contribution in [0.4, 0.5) is 0 Å². The summed E-state index contributed by atoms with van der Waals surface area (Å²) in [7, 11) is 1.58. The number of ether oxygens (including phenoxy) is 1. The minimum atomic E-state index is -0.957. The molecule has 0 unspecified atom stereocenters. The van der Waals surface area contributed by atoms with E-state index < -0.39 is 17.0 Å². The molecule has 0 aliphatic heterocycles. The van der Waals surface area contributed by atoms with E-state index in [1.807, 2.05) is 13.8 Å². The molecule has 2 N–H and O–H groups in total. The molecule has 0 saturated heterocycles. The van der Waals surface area contributed by atoms with Crippen molar-refractivity contribution in [2.24, 2.45) is 5.41 Å². The Bertz CT molecular complexity index is 295. The summed E-state index contributed by atoms with van der Waals surface area (Å²) in [6.45, 7) is 7.67. The Balaban J connectivity index is 4.50. The lowest BCUT2D eigenvalue weighted by atomic mass is 9.79. The summed E-state index contributed by atoms with van der Waals surface area (Å²) < 4.78 is 5.19. The zero-order chi connectivity index (χ0) is 14.4. The average molecular weight is 259 g/mol. The smallest absolute Gasteiger partial charge is 0.310 e. The first-order valence-corrected chi connectivity index (χ1v) is 6.28. The van der Waals surface area contributed by atoms with Gasteiger partial charge in [0, 0.05) is 20.1 Å². The van der Waals surface area contributed by atoms with Crippen LogP contribution in [0.15, 0.2) is 0 Å². The molecule has 0 radical (unpaired) electrons. The largest absolute Gasteiger partial charge is 0.481 e. The van der Waals surface area contributed by atoms with E-state index in [0.29, 0.717) is 19.4 Å². The second-order valence-corrected chi connectivity index (χ2v) is 5.21. The number of rotatable bonds is 8. The minimum absolute atomic E-state index is 0.00906. The third-order valence-corrected chi connectivity index (χ3v) is 3.57. The maximum Gasteiger partial charge on any atom is 0.310 e. The number of hydrogen-bond donors (Lipinski definition) is 2. The molecule has 0 rings (SSSR count). The monoisotopic (exact) mass is 259 g/mol. The van der Waals surface area contributed by atoms with E-state index in [1.165, 1.54) is 0 Å². The Hall–Kier alpha value is -1.10. The fraction of sp³-hybridized carbons (Fsp3) is 0.846. The number of carboxylic acid groups (broad SMARTS) is 1. The summed E-state index contributed by atoms with van der Waals surface area (Å²) in [4.78, 5) is 23.1. The normalized spacial score (nSPS) is 12.3. The first kappa shape index (κ1) is 16.9. The van der Waals surface area contributed by atoms with Crippen molar-refractivity contribution in [2.75, 3.05) is 13.7 Å². The lowest BCUT2D eigenvalue weighted by Gasteiger charge is -2.27. The Morgan fingerprint density at radius 2 is 1.72 bits per heavy atom. The third kappa shape index (κ3) is 4.64. The number of aliphatic carboxylic acids is 1. The molecule has 0 bridgehead atoms. The molecular formula is C13H25NO4. The van der Waals surface area contributed by atoms with Crippen molar-refractivity contribution in [3.63, 3.8) is 0 Å². The highest BCUT2D eigenvalue weighted by atomic mass is 16.5. The van der Waals surface area contributed by atoms with Gasteiger partial charge in [-0.3, -0.25) is 9.59 Å². The van der Waals surface area contributed by atoms with Gasteiger partial charge in [-0.1, -0.05) is 13.8 Å². The molecule has 0 fully saturated rings. The molecule has 0 aromatic heterocycles. The molecule has 0 spiro atoms. The maximum absolute atomic E-state index is 11.8. The first-order chi connectivity index (χ1) is 8.23. The summed E-state index contributed by atoms with van der Waals surface area (Å²) in [6.07, 6.45) is 0.898. The van der Waals surface area contributed by atoms with Gasteiger partial charge < -0.3 is 15.2 Å². The van der Waals surface area contributed by atoms with Gasteiger partial charge in [-0.15, -0.1) is 0 Å². The number of hydrogen-bond acceptors (Lipinski definition) is 3. The van der Waals surface area contributed by atoms with Crippen LogP contribution in [0.2, 0.25) is 0 Å². The maximum atomic E-state index is 11.8. The second-order valence-electron chi connectivity index (χ2n) is 5.21.